The second-order valence-corrected chi connectivity index (χ2v) is 17.0. The highest BCUT2D eigenvalue weighted by Crippen LogP contribution is 2.72. The van der Waals surface area contributed by atoms with E-state index < -0.39 is 23.6 Å². The molecule has 0 spiro atoms. The minimum atomic E-state index is -3.88. The van der Waals surface area contributed by atoms with Crippen LogP contribution in [0.4, 0.5) is 0 Å². The normalized spacial score (nSPS) is 18.4. The standard InChI is InChI=1S/C33H47O7P/c1-30(2,3)22-14-20(18-26(34)37-12)15-23(31(4,5)6)28(22)39-41(36)33(10,11)25-17-21(19-27(35)38-13)16-24(29(25)40-41)32(7,8)9/h14-17H,18-19H2,1-13H3. The van der Waals surface area contributed by atoms with E-state index in [1.807, 2.05) is 38.1 Å². The predicted octanol–water partition coefficient (Wildman–Crippen LogP) is 7.91. The summed E-state index contributed by atoms with van der Waals surface area (Å²) in [6.07, 6.45) is 0.212. The topological polar surface area (TPSA) is 88.1 Å². The minimum Gasteiger partial charge on any atom is -0.469 e. The molecule has 0 fully saturated rings. The van der Waals surface area contributed by atoms with Crippen molar-refractivity contribution in [1.82, 2.24) is 0 Å². The van der Waals surface area contributed by atoms with Gasteiger partial charge in [0.15, 0.2) is 0 Å². The summed E-state index contributed by atoms with van der Waals surface area (Å²) in [5.74, 6) is 0.364. The van der Waals surface area contributed by atoms with E-state index >= 15 is 4.57 Å². The van der Waals surface area contributed by atoms with E-state index in [9.17, 15) is 9.59 Å². The first-order valence-electron chi connectivity index (χ1n) is 14.0. The number of rotatable bonds is 6. The van der Waals surface area contributed by atoms with Crippen molar-refractivity contribution in [2.45, 2.75) is 110 Å². The maximum Gasteiger partial charge on any atom is 0.440 e. The van der Waals surface area contributed by atoms with Crippen LogP contribution >= 0.6 is 7.60 Å². The van der Waals surface area contributed by atoms with Crippen LogP contribution in [0.3, 0.4) is 0 Å². The number of benzene rings is 2. The molecule has 0 N–H and O–H groups in total. The fourth-order valence-corrected chi connectivity index (χ4v) is 6.85. The van der Waals surface area contributed by atoms with Crippen molar-refractivity contribution in [1.29, 1.82) is 0 Å². The van der Waals surface area contributed by atoms with Crippen LogP contribution in [0, 0.1) is 0 Å². The van der Waals surface area contributed by atoms with Gasteiger partial charge in [0.25, 0.3) is 0 Å². The monoisotopic (exact) mass is 586 g/mol. The maximum absolute atomic E-state index is 15.0. The smallest absolute Gasteiger partial charge is 0.440 e. The Labute approximate surface area is 245 Å². The van der Waals surface area contributed by atoms with Crippen LogP contribution in [0.2, 0.25) is 0 Å². The summed E-state index contributed by atoms with van der Waals surface area (Å²) >= 11 is 0. The average Bonchev–Trinajstić information content (AvgIpc) is 3.02. The fourth-order valence-electron chi connectivity index (χ4n) is 5.02. The number of hydrogen-bond donors (Lipinski definition) is 0. The highest BCUT2D eigenvalue weighted by atomic mass is 31.2. The quantitative estimate of drug-likeness (QED) is 0.251. The van der Waals surface area contributed by atoms with Crippen LogP contribution < -0.4 is 9.05 Å². The van der Waals surface area contributed by atoms with E-state index in [0.29, 0.717) is 11.5 Å². The number of fused-ring (bicyclic) bond motifs is 1. The average molecular weight is 587 g/mol. The van der Waals surface area contributed by atoms with E-state index in [1.54, 1.807) is 0 Å². The van der Waals surface area contributed by atoms with Gasteiger partial charge < -0.3 is 18.5 Å². The molecule has 0 bridgehead atoms. The first-order chi connectivity index (χ1) is 18.5. The summed E-state index contributed by atoms with van der Waals surface area (Å²) < 4.78 is 38.0. The van der Waals surface area contributed by atoms with E-state index in [4.69, 9.17) is 18.5 Å². The van der Waals surface area contributed by atoms with E-state index in [1.165, 1.54) is 14.2 Å². The Morgan fingerprint density at radius 3 is 1.51 bits per heavy atom. The number of hydrogen-bond acceptors (Lipinski definition) is 7. The second-order valence-electron chi connectivity index (χ2n) is 14.5. The van der Waals surface area contributed by atoms with Crippen LogP contribution in [0.5, 0.6) is 11.5 Å². The van der Waals surface area contributed by atoms with Gasteiger partial charge in [0.1, 0.15) is 16.7 Å². The highest BCUT2D eigenvalue weighted by molar-refractivity contribution is 7.56. The van der Waals surface area contributed by atoms with Crippen molar-refractivity contribution in [3.63, 3.8) is 0 Å². The molecule has 2 aromatic rings. The van der Waals surface area contributed by atoms with Gasteiger partial charge in [0.2, 0.25) is 0 Å². The number of carbonyl (C=O) groups excluding carboxylic acids is 2. The molecule has 1 unspecified atom stereocenters. The predicted molar refractivity (Wildman–Crippen MR) is 162 cm³/mol. The molecule has 1 aliphatic heterocycles. The van der Waals surface area contributed by atoms with Gasteiger partial charge >= 0.3 is 19.5 Å². The fraction of sp³-hybridized carbons (Fsp3) is 0.576. The summed E-state index contributed by atoms with van der Waals surface area (Å²) in [5, 5.41) is -1.02. The van der Waals surface area contributed by atoms with Gasteiger partial charge in [-0.2, -0.15) is 0 Å². The van der Waals surface area contributed by atoms with Gasteiger partial charge in [-0.25, -0.2) is 4.57 Å². The molecule has 8 heteroatoms. The molecule has 0 saturated heterocycles. The highest BCUT2D eigenvalue weighted by Gasteiger charge is 2.57. The first-order valence-corrected chi connectivity index (χ1v) is 15.6. The van der Waals surface area contributed by atoms with Crippen LogP contribution in [0.15, 0.2) is 24.3 Å². The lowest BCUT2D eigenvalue weighted by atomic mass is 9.78. The molecule has 1 heterocycles. The van der Waals surface area contributed by atoms with E-state index in [2.05, 4.69) is 62.3 Å². The Hall–Kier alpha value is -2.79. The van der Waals surface area contributed by atoms with E-state index in [0.717, 1.165) is 33.4 Å². The molecule has 1 atom stereocenters. The Balaban J connectivity index is 2.27. The lowest BCUT2D eigenvalue weighted by Crippen LogP contribution is -2.24. The Morgan fingerprint density at radius 2 is 1.12 bits per heavy atom. The molecule has 0 saturated carbocycles. The molecule has 226 valence electrons. The second kappa shape index (κ2) is 10.8. The molecule has 41 heavy (non-hydrogen) atoms. The van der Waals surface area contributed by atoms with Crippen LogP contribution in [-0.2, 0) is 57.9 Å². The molecule has 0 amide bonds. The number of esters is 2. The molecule has 2 aromatic carbocycles. The third-order valence-corrected chi connectivity index (χ3v) is 10.1. The van der Waals surface area contributed by atoms with Gasteiger partial charge in [-0.3, -0.25) is 9.59 Å². The van der Waals surface area contributed by atoms with Crippen molar-refractivity contribution >= 4 is 19.5 Å². The van der Waals surface area contributed by atoms with Gasteiger partial charge in [-0.15, -0.1) is 0 Å². The van der Waals surface area contributed by atoms with Gasteiger partial charge in [-0.05, 0) is 41.2 Å². The zero-order valence-corrected chi connectivity index (χ0v) is 27.9. The van der Waals surface area contributed by atoms with Crippen molar-refractivity contribution in [3.05, 3.63) is 57.6 Å². The van der Waals surface area contributed by atoms with Crippen LogP contribution in [-0.4, -0.2) is 26.2 Å². The first kappa shape index (κ1) is 32.7. The zero-order chi connectivity index (χ0) is 31.3. The Kier molecular flexibility index (Phi) is 8.62. The Morgan fingerprint density at radius 1 is 0.732 bits per heavy atom. The summed E-state index contributed by atoms with van der Waals surface area (Å²) in [4.78, 5) is 24.4. The molecule has 0 radical (unpaired) electrons. The SMILES string of the molecule is COC(=O)Cc1cc(C(C)(C)C)c(OP2(=O)Oc3c(C(C)(C)C)cc(CC(=O)OC)cc3C2(C)C)c(C(C)(C)C)c1. The third kappa shape index (κ3) is 6.51. The third-order valence-electron chi connectivity index (χ3n) is 7.64. The molecule has 1 aliphatic rings. The largest absolute Gasteiger partial charge is 0.469 e. The lowest BCUT2D eigenvalue weighted by Gasteiger charge is -2.33. The van der Waals surface area contributed by atoms with Crippen LogP contribution in [0.25, 0.3) is 0 Å². The summed E-state index contributed by atoms with van der Waals surface area (Å²) in [5.41, 5.74) is 3.66. The summed E-state index contributed by atoms with van der Waals surface area (Å²) in [6.45, 7) is 22.3. The molecule has 0 aromatic heterocycles. The van der Waals surface area contributed by atoms with Crippen LogP contribution in [0.1, 0.15) is 110 Å². The van der Waals surface area contributed by atoms with Gasteiger partial charge in [0.05, 0.1) is 27.1 Å². The molecule has 3 rings (SSSR count). The summed E-state index contributed by atoms with van der Waals surface area (Å²) in [6, 6.07) is 7.71. The zero-order valence-electron chi connectivity index (χ0n) is 27.0. The molecule has 7 nitrogen and oxygen atoms in total. The number of ether oxygens (including phenoxy) is 2. The Bertz CT molecular complexity index is 1360. The number of carbonyl (C=O) groups is 2. The van der Waals surface area contributed by atoms with Gasteiger partial charge in [-0.1, -0.05) is 86.6 Å². The van der Waals surface area contributed by atoms with Crippen molar-refractivity contribution in [2.75, 3.05) is 14.2 Å². The molecular formula is C33H47O7P. The van der Waals surface area contributed by atoms with Crippen molar-refractivity contribution < 1.29 is 32.7 Å². The maximum atomic E-state index is 15.0. The summed E-state index contributed by atoms with van der Waals surface area (Å²) in [7, 11) is -1.14. The minimum absolute atomic E-state index is 0.0953. The van der Waals surface area contributed by atoms with Crippen molar-refractivity contribution in [3.8, 4) is 11.5 Å². The van der Waals surface area contributed by atoms with Gasteiger partial charge in [0, 0.05) is 22.3 Å². The van der Waals surface area contributed by atoms with Crippen molar-refractivity contribution in [2.24, 2.45) is 0 Å². The van der Waals surface area contributed by atoms with E-state index in [-0.39, 0.29) is 30.2 Å². The molecular weight excluding hydrogens is 539 g/mol. The molecule has 0 aliphatic carbocycles. The lowest BCUT2D eigenvalue weighted by molar-refractivity contribution is -0.140. The number of methoxy groups -OCH3 is 2.